The molecule has 10 heteroatoms. The largest absolute Gasteiger partial charge is 0.458 e. The molecular weight excluding hydrogens is 417 g/mol. The number of ether oxygens (including phenoxy) is 3. The highest BCUT2D eigenvalue weighted by Gasteiger charge is 2.28. The van der Waals surface area contributed by atoms with Gasteiger partial charge in [0.05, 0.1) is 29.2 Å². The van der Waals surface area contributed by atoms with Gasteiger partial charge in [0, 0.05) is 13.1 Å². The number of carbonyl (C=O) groups excluding carboxylic acids is 2. The fraction of sp³-hybridized carbons (Fsp3) is 0.300. The van der Waals surface area contributed by atoms with Gasteiger partial charge >= 0.3 is 11.9 Å². The topological polar surface area (TPSA) is 99.2 Å². The van der Waals surface area contributed by atoms with Crippen LogP contribution in [0.5, 0.6) is 0 Å². The van der Waals surface area contributed by atoms with E-state index in [0.717, 1.165) is 18.2 Å². The van der Waals surface area contributed by atoms with E-state index in [1.54, 1.807) is 30.3 Å². The first-order valence-corrected chi connectivity index (χ1v) is 10.6. The molecule has 0 radical (unpaired) electrons. The fourth-order valence-electron chi connectivity index (χ4n) is 2.76. The summed E-state index contributed by atoms with van der Waals surface area (Å²) in [6.07, 6.45) is 0. The van der Waals surface area contributed by atoms with Gasteiger partial charge in [-0.3, -0.25) is 0 Å². The van der Waals surface area contributed by atoms with Gasteiger partial charge in [0.1, 0.15) is 19.0 Å². The van der Waals surface area contributed by atoms with E-state index in [-0.39, 0.29) is 44.4 Å². The number of rotatable bonds is 7. The molecule has 160 valence electrons. The summed E-state index contributed by atoms with van der Waals surface area (Å²) in [5.41, 5.74) is -0.172. The third kappa shape index (κ3) is 5.21. The second-order valence-electron chi connectivity index (χ2n) is 6.30. The van der Waals surface area contributed by atoms with E-state index in [2.05, 4.69) is 0 Å². The van der Waals surface area contributed by atoms with Gasteiger partial charge in [0.15, 0.2) is 0 Å². The van der Waals surface area contributed by atoms with Crippen LogP contribution in [-0.4, -0.2) is 64.2 Å². The number of sulfonamides is 1. The van der Waals surface area contributed by atoms with Crippen LogP contribution in [0.2, 0.25) is 0 Å². The molecule has 1 fully saturated rings. The Morgan fingerprint density at radius 2 is 1.60 bits per heavy atom. The summed E-state index contributed by atoms with van der Waals surface area (Å²) in [4.78, 5) is 23.8. The van der Waals surface area contributed by atoms with E-state index < -0.39 is 33.3 Å². The lowest BCUT2D eigenvalue weighted by molar-refractivity contribution is 0.0262. The summed E-state index contributed by atoms with van der Waals surface area (Å²) in [7, 11) is -3.89. The zero-order chi connectivity index (χ0) is 21.6. The van der Waals surface area contributed by atoms with Gasteiger partial charge in [-0.2, -0.15) is 4.31 Å². The monoisotopic (exact) mass is 437 g/mol. The molecule has 2 aromatic carbocycles. The molecule has 1 heterocycles. The van der Waals surface area contributed by atoms with Crippen LogP contribution >= 0.6 is 0 Å². The Bertz CT molecular complexity index is 1010. The molecule has 0 amide bonds. The lowest BCUT2D eigenvalue weighted by atomic mass is 10.2. The highest BCUT2D eigenvalue weighted by Crippen LogP contribution is 2.21. The molecule has 2 aromatic rings. The molecule has 0 spiro atoms. The maximum atomic E-state index is 14.1. The number of hydrogen-bond acceptors (Lipinski definition) is 7. The molecule has 1 aliphatic rings. The molecule has 1 saturated heterocycles. The minimum Gasteiger partial charge on any atom is -0.458 e. The molecule has 0 aliphatic carbocycles. The van der Waals surface area contributed by atoms with Crippen LogP contribution in [0.25, 0.3) is 0 Å². The van der Waals surface area contributed by atoms with Crippen molar-refractivity contribution in [3.8, 4) is 0 Å². The van der Waals surface area contributed by atoms with Crippen molar-refractivity contribution in [2.24, 2.45) is 0 Å². The molecule has 3 rings (SSSR count). The first-order valence-electron chi connectivity index (χ1n) is 9.16. The van der Waals surface area contributed by atoms with E-state index in [1.165, 1.54) is 4.31 Å². The fourth-order valence-corrected chi connectivity index (χ4v) is 4.20. The van der Waals surface area contributed by atoms with E-state index in [9.17, 15) is 22.4 Å². The second kappa shape index (κ2) is 9.79. The maximum Gasteiger partial charge on any atom is 0.341 e. The first-order chi connectivity index (χ1) is 14.4. The molecule has 0 atom stereocenters. The van der Waals surface area contributed by atoms with Gasteiger partial charge < -0.3 is 14.2 Å². The zero-order valence-corrected chi connectivity index (χ0v) is 16.8. The zero-order valence-electron chi connectivity index (χ0n) is 16.0. The van der Waals surface area contributed by atoms with Crippen LogP contribution in [0.1, 0.15) is 20.7 Å². The molecule has 0 aromatic heterocycles. The standard InChI is InChI=1S/C20H20FNO7S/c21-18-7-6-16(30(25,26)22-8-10-27-11-9-22)14-17(18)20(24)29-13-12-28-19(23)15-4-2-1-3-5-15/h1-7,14H,8-13H2. The van der Waals surface area contributed by atoms with Crippen LogP contribution in [0.4, 0.5) is 4.39 Å². The van der Waals surface area contributed by atoms with Crippen molar-refractivity contribution in [2.45, 2.75) is 4.90 Å². The van der Waals surface area contributed by atoms with Crippen LogP contribution in [0.15, 0.2) is 53.4 Å². The highest BCUT2D eigenvalue weighted by molar-refractivity contribution is 7.89. The Morgan fingerprint density at radius 3 is 2.27 bits per heavy atom. The molecule has 8 nitrogen and oxygen atoms in total. The summed E-state index contributed by atoms with van der Waals surface area (Å²) < 4.78 is 55.7. The van der Waals surface area contributed by atoms with Crippen LogP contribution in [0.3, 0.4) is 0 Å². The van der Waals surface area contributed by atoms with E-state index in [4.69, 9.17) is 14.2 Å². The average molecular weight is 437 g/mol. The van der Waals surface area contributed by atoms with Crippen molar-refractivity contribution < 1.29 is 36.6 Å². The normalized spacial score (nSPS) is 14.8. The summed E-state index contributed by atoms with van der Waals surface area (Å²) in [5, 5.41) is 0. The lowest BCUT2D eigenvalue weighted by Gasteiger charge is -2.26. The Morgan fingerprint density at radius 1 is 0.967 bits per heavy atom. The van der Waals surface area contributed by atoms with Crippen molar-refractivity contribution in [1.29, 1.82) is 0 Å². The predicted octanol–water partition coefficient (Wildman–Crippen LogP) is 1.86. The molecule has 0 saturated carbocycles. The minimum atomic E-state index is -3.89. The van der Waals surface area contributed by atoms with Gasteiger partial charge in [-0.25, -0.2) is 22.4 Å². The molecule has 30 heavy (non-hydrogen) atoms. The van der Waals surface area contributed by atoms with E-state index in [0.29, 0.717) is 5.56 Å². The molecule has 1 aliphatic heterocycles. The first kappa shape index (κ1) is 21.9. The maximum absolute atomic E-state index is 14.1. The number of hydrogen-bond donors (Lipinski definition) is 0. The third-order valence-corrected chi connectivity index (χ3v) is 6.22. The Balaban J connectivity index is 1.60. The SMILES string of the molecule is O=C(OCCOC(=O)c1cc(S(=O)(=O)N2CCOCC2)ccc1F)c1ccccc1. The van der Waals surface area contributed by atoms with Crippen molar-refractivity contribution in [1.82, 2.24) is 4.31 Å². The number of halogens is 1. The van der Waals surface area contributed by atoms with Gasteiger partial charge in [-0.15, -0.1) is 0 Å². The molecule has 0 N–H and O–H groups in total. The summed E-state index contributed by atoms with van der Waals surface area (Å²) in [6.45, 7) is 0.330. The number of benzene rings is 2. The number of carbonyl (C=O) groups is 2. The van der Waals surface area contributed by atoms with Gasteiger partial charge in [0.25, 0.3) is 0 Å². The molecule has 0 unspecified atom stereocenters. The summed E-state index contributed by atoms with van der Waals surface area (Å²) in [5.74, 6) is -2.55. The molecule has 0 bridgehead atoms. The average Bonchev–Trinajstić information content (AvgIpc) is 2.77. The van der Waals surface area contributed by atoms with Crippen LogP contribution < -0.4 is 0 Å². The van der Waals surface area contributed by atoms with Gasteiger partial charge in [-0.05, 0) is 30.3 Å². The smallest absolute Gasteiger partial charge is 0.341 e. The Kier molecular flexibility index (Phi) is 7.14. The Labute approximate surface area is 173 Å². The second-order valence-corrected chi connectivity index (χ2v) is 8.23. The minimum absolute atomic E-state index is 0.173. The summed E-state index contributed by atoms with van der Waals surface area (Å²) in [6, 6.07) is 11.2. The van der Waals surface area contributed by atoms with Crippen molar-refractivity contribution in [3.05, 3.63) is 65.5 Å². The van der Waals surface area contributed by atoms with Crippen molar-refractivity contribution in [2.75, 3.05) is 39.5 Å². The van der Waals surface area contributed by atoms with Crippen LogP contribution in [-0.2, 0) is 24.2 Å². The highest BCUT2D eigenvalue weighted by atomic mass is 32.2. The molecular formula is C20H20FNO7S. The predicted molar refractivity (Wildman–Crippen MR) is 103 cm³/mol. The third-order valence-electron chi connectivity index (χ3n) is 4.32. The van der Waals surface area contributed by atoms with E-state index in [1.807, 2.05) is 0 Å². The van der Waals surface area contributed by atoms with Gasteiger partial charge in [-0.1, -0.05) is 18.2 Å². The number of nitrogens with zero attached hydrogens (tertiary/aromatic N) is 1. The quantitative estimate of drug-likeness (QED) is 0.482. The summed E-state index contributed by atoms with van der Waals surface area (Å²) >= 11 is 0. The number of morpholine rings is 1. The number of esters is 2. The van der Waals surface area contributed by atoms with Crippen molar-refractivity contribution >= 4 is 22.0 Å². The van der Waals surface area contributed by atoms with Crippen molar-refractivity contribution in [3.63, 3.8) is 0 Å². The van der Waals surface area contributed by atoms with Gasteiger partial charge in [0.2, 0.25) is 10.0 Å². The Hall–Kier alpha value is -2.82. The van der Waals surface area contributed by atoms with E-state index >= 15 is 0 Å². The lowest BCUT2D eigenvalue weighted by Crippen LogP contribution is -2.40. The van der Waals surface area contributed by atoms with Crippen LogP contribution in [0, 0.1) is 5.82 Å².